The van der Waals surface area contributed by atoms with Crippen molar-refractivity contribution in [2.45, 2.75) is 39.3 Å². The Kier molecular flexibility index (Phi) is 5.56. The highest BCUT2D eigenvalue weighted by Gasteiger charge is 2.29. The molecule has 0 aliphatic carbocycles. The van der Waals surface area contributed by atoms with Gasteiger partial charge in [0, 0.05) is 6.04 Å². The fourth-order valence-corrected chi connectivity index (χ4v) is 3.02. The van der Waals surface area contributed by atoms with Gasteiger partial charge in [0.15, 0.2) is 0 Å². The first-order chi connectivity index (χ1) is 9.27. The molecule has 0 heterocycles. The number of nitrogens with one attached hydrogen (secondary N) is 1. The molecule has 0 fully saturated rings. The van der Waals surface area contributed by atoms with Crippen LogP contribution in [0.4, 0.5) is 5.69 Å². The van der Waals surface area contributed by atoms with Crippen LogP contribution in [-0.2, 0) is 14.8 Å². The topological polar surface area (TPSA) is 66.5 Å². The average molecular weight is 298 g/mol. The van der Waals surface area contributed by atoms with Gasteiger partial charge in [0.25, 0.3) is 0 Å². The molecule has 0 aliphatic heterocycles. The SMILES string of the molecule is CCC(C)NC(=O)C(C)N(c1ccccc1)S(C)(=O)=O. The van der Waals surface area contributed by atoms with Crippen molar-refractivity contribution in [2.75, 3.05) is 10.6 Å². The number of carbonyl (C=O) groups is 1. The van der Waals surface area contributed by atoms with E-state index in [0.29, 0.717) is 5.69 Å². The molecule has 20 heavy (non-hydrogen) atoms. The zero-order chi connectivity index (χ0) is 15.3. The van der Waals surface area contributed by atoms with Gasteiger partial charge in [-0.15, -0.1) is 0 Å². The standard InChI is InChI=1S/C14H22N2O3S/c1-5-11(2)15-14(17)12(3)16(20(4,18)19)13-9-7-6-8-10-13/h6-12H,5H2,1-4H3,(H,15,17). The highest BCUT2D eigenvalue weighted by molar-refractivity contribution is 7.92. The largest absolute Gasteiger partial charge is 0.352 e. The van der Waals surface area contributed by atoms with Gasteiger partial charge in [0.2, 0.25) is 15.9 Å². The van der Waals surface area contributed by atoms with Gasteiger partial charge in [-0.1, -0.05) is 25.1 Å². The van der Waals surface area contributed by atoms with Crippen LogP contribution in [0.15, 0.2) is 30.3 Å². The molecule has 1 rings (SSSR count). The fraction of sp³-hybridized carbons (Fsp3) is 0.500. The molecule has 5 nitrogen and oxygen atoms in total. The second-order valence-corrected chi connectivity index (χ2v) is 6.75. The summed E-state index contributed by atoms with van der Waals surface area (Å²) >= 11 is 0. The summed E-state index contributed by atoms with van der Waals surface area (Å²) in [4.78, 5) is 12.2. The summed E-state index contributed by atoms with van der Waals surface area (Å²) in [6.07, 6.45) is 1.90. The summed E-state index contributed by atoms with van der Waals surface area (Å²) in [5.74, 6) is -0.298. The molecule has 1 aromatic rings. The third-order valence-corrected chi connectivity index (χ3v) is 4.34. The second-order valence-electron chi connectivity index (χ2n) is 4.89. The van der Waals surface area contributed by atoms with Crippen LogP contribution in [-0.4, -0.2) is 32.7 Å². The molecule has 6 heteroatoms. The predicted molar refractivity (Wildman–Crippen MR) is 81.1 cm³/mol. The Bertz CT molecular complexity index is 543. The van der Waals surface area contributed by atoms with E-state index in [1.165, 1.54) is 0 Å². The summed E-state index contributed by atoms with van der Waals surface area (Å²) < 4.78 is 25.1. The van der Waals surface area contributed by atoms with E-state index >= 15 is 0 Å². The molecule has 112 valence electrons. The maximum absolute atomic E-state index is 12.2. The Morgan fingerprint density at radius 1 is 1.25 bits per heavy atom. The third-order valence-electron chi connectivity index (χ3n) is 3.10. The molecule has 1 aromatic carbocycles. The number of carbonyl (C=O) groups excluding carboxylic acids is 1. The third kappa shape index (κ3) is 4.23. The van der Waals surface area contributed by atoms with Crippen molar-refractivity contribution in [1.29, 1.82) is 0 Å². The van der Waals surface area contributed by atoms with Crippen molar-refractivity contribution in [3.8, 4) is 0 Å². The number of benzene rings is 1. The number of para-hydroxylation sites is 1. The number of hydrogen-bond donors (Lipinski definition) is 1. The minimum atomic E-state index is -3.53. The Morgan fingerprint density at radius 2 is 1.80 bits per heavy atom. The van der Waals surface area contributed by atoms with Crippen LogP contribution in [0.1, 0.15) is 27.2 Å². The van der Waals surface area contributed by atoms with E-state index in [1.54, 1.807) is 37.3 Å². The van der Waals surface area contributed by atoms with Crippen molar-refractivity contribution in [3.63, 3.8) is 0 Å². The minimum absolute atomic E-state index is 0.0159. The quantitative estimate of drug-likeness (QED) is 0.870. The van der Waals surface area contributed by atoms with Crippen molar-refractivity contribution in [3.05, 3.63) is 30.3 Å². The summed E-state index contributed by atoms with van der Waals surface area (Å²) in [6.45, 7) is 5.44. The molecule has 0 radical (unpaired) electrons. The summed E-state index contributed by atoms with van der Waals surface area (Å²) in [5, 5.41) is 2.81. The molecular formula is C14H22N2O3S. The lowest BCUT2D eigenvalue weighted by Crippen LogP contribution is -2.49. The maximum Gasteiger partial charge on any atom is 0.243 e. The number of nitrogens with zero attached hydrogens (tertiary/aromatic N) is 1. The molecule has 0 saturated heterocycles. The molecule has 0 spiro atoms. The highest BCUT2D eigenvalue weighted by atomic mass is 32.2. The monoisotopic (exact) mass is 298 g/mol. The molecule has 1 amide bonds. The molecule has 0 saturated carbocycles. The van der Waals surface area contributed by atoms with Crippen LogP contribution >= 0.6 is 0 Å². The lowest BCUT2D eigenvalue weighted by Gasteiger charge is -2.29. The van der Waals surface area contributed by atoms with E-state index in [4.69, 9.17) is 0 Å². The number of anilines is 1. The Labute approximate surface area is 121 Å². The van der Waals surface area contributed by atoms with E-state index < -0.39 is 16.1 Å². The van der Waals surface area contributed by atoms with E-state index in [9.17, 15) is 13.2 Å². The number of amides is 1. The summed E-state index contributed by atoms with van der Waals surface area (Å²) in [7, 11) is -3.53. The van der Waals surface area contributed by atoms with Gasteiger partial charge in [-0.25, -0.2) is 8.42 Å². The molecule has 1 N–H and O–H groups in total. The molecule has 0 aliphatic rings. The number of hydrogen-bond acceptors (Lipinski definition) is 3. The number of sulfonamides is 1. The first kappa shape index (κ1) is 16.5. The highest BCUT2D eigenvalue weighted by Crippen LogP contribution is 2.20. The van der Waals surface area contributed by atoms with Crippen LogP contribution in [0.25, 0.3) is 0 Å². The first-order valence-corrected chi connectivity index (χ1v) is 8.47. The Balaban J connectivity index is 3.05. The smallest absolute Gasteiger partial charge is 0.243 e. The molecule has 2 unspecified atom stereocenters. The summed E-state index contributed by atoms with van der Waals surface area (Å²) in [6, 6.07) is 7.86. The van der Waals surface area contributed by atoms with Crippen LogP contribution in [0.5, 0.6) is 0 Å². The zero-order valence-electron chi connectivity index (χ0n) is 12.3. The molecule has 2 atom stereocenters. The van der Waals surface area contributed by atoms with E-state index in [0.717, 1.165) is 17.0 Å². The van der Waals surface area contributed by atoms with Crippen molar-refractivity contribution < 1.29 is 13.2 Å². The molecule has 0 aromatic heterocycles. The average Bonchev–Trinajstić information content (AvgIpc) is 2.38. The van der Waals surface area contributed by atoms with Crippen LogP contribution in [0, 0.1) is 0 Å². The lowest BCUT2D eigenvalue weighted by molar-refractivity contribution is -0.122. The van der Waals surface area contributed by atoms with Gasteiger partial charge >= 0.3 is 0 Å². The van der Waals surface area contributed by atoms with E-state index in [2.05, 4.69) is 5.32 Å². The predicted octanol–water partition coefficient (Wildman–Crippen LogP) is 1.76. The van der Waals surface area contributed by atoms with Crippen molar-refractivity contribution in [2.24, 2.45) is 0 Å². The second kappa shape index (κ2) is 6.74. The first-order valence-electron chi connectivity index (χ1n) is 6.62. The lowest BCUT2D eigenvalue weighted by atomic mass is 10.2. The van der Waals surface area contributed by atoms with Crippen molar-refractivity contribution >= 4 is 21.6 Å². The fourth-order valence-electron chi connectivity index (χ4n) is 1.85. The van der Waals surface area contributed by atoms with Gasteiger partial charge in [-0.2, -0.15) is 0 Å². The normalized spacial score (nSPS) is 14.4. The van der Waals surface area contributed by atoms with E-state index in [1.807, 2.05) is 13.8 Å². The van der Waals surface area contributed by atoms with Crippen LogP contribution in [0.2, 0.25) is 0 Å². The minimum Gasteiger partial charge on any atom is -0.352 e. The van der Waals surface area contributed by atoms with Gasteiger partial charge in [-0.3, -0.25) is 9.10 Å². The maximum atomic E-state index is 12.2. The van der Waals surface area contributed by atoms with Gasteiger partial charge in [0.1, 0.15) is 6.04 Å². The molecule has 0 bridgehead atoms. The van der Waals surface area contributed by atoms with Gasteiger partial charge in [-0.05, 0) is 32.4 Å². The van der Waals surface area contributed by atoms with Gasteiger partial charge < -0.3 is 5.32 Å². The number of rotatable bonds is 6. The Hall–Kier alpha value is -1.56. The van der Waals surface area contributed by atoms with Crippen molar-refractivity contribution in [1.82, 2.24) is 5.32 Å². The molecular weight excluding hydrogens is 276 g/mol. The zero-order valence-corrected chi connectivity index (χ0v) is 13.1. The summed E-state index contributed by atoms with van der Waals surface area (Å²) in [5.41, 5.74) is 0.488. The van der Waals surface area contributed by atoms with E-state index in [-0.39, 0.29) is 11.9 Å². The van der Waals surface area contributed by atoms with Crippen LogP contribution in [0.3, 0.4) is 0 Å². The van der Waals surface area contributed by atoms with Crippen LogP contribution < -0.4 is 9.62 Å². The van der Waals surface area contributed by atoms with Gasteiger partial charge in [0.05, 0.1) is 11.9 Å². The Morgan fingerprint density at radius 3 is 2.25 bits per heavy atom.